The molecule has 0 bridgehead atoms. The van der Waals surface area contributed by atoms with Gasteiger partial charge in [0.05, 0.1) is 19.3 Å². The zero-order valence-corrected chi connectivity index (χ0v) is 15.5. The third kappa shape index (κ3) is 3.25. The molecule has 0 spiro atoms. The second-order valence-corrected chi connectivity index (χ2v) is 6.42. The summed E-state index contributed by atoms with van der Waals surface area (Å²) in [4.78, 5) is 29.5. The Morgan fingerprint density at radius 1 is 1.11 bits per heavy atom. The fourth-order valence-corrected chi connectivity index (χ4v) is 2.86. The number of methoxy groups -OCH3 is 1. The van der Waals surface area contributed by atoms with Crippen molar-refractivity contribution in [2.24, 2.45) is 0 Å². The van der Waals surface area contributed by atoms with Gasteiger partial charge in [0.15, 0.2) is 16.9 Å². The summed E-state index contributed by atoms with van der Waals surface area (Å²) in [5.74, 6) is 0.423. The van der Waals surface area contributed by atoms with E-state index >= 15 is 0 Å². The molecule has 4 rings (SSSR count). The van der Waals surface area contributed by atoms with Gasteiger partial charge in [-0.25, -0.2) is 4.98 Å². The van der Waals surface area contributed by atoms with Gasteiger partial charge in [0.2, 0.25) is 0 Å². The Bertz CT molecular complexity index is 1210. The highest BCUT2D eigenvalue weighted by molar-refractivity contribution is 6.30. The van der Waals surface area contributed by atoms with Gasteiger partial charge in [0.25, 0.3) is 5.56 Å². The number of halogens is 1. The fourth-order valence-electron chi connectivity index (χ4n) is 2.74. The lowest BCUT2D eigenvalue weighted by Crippen LogP contribution is -2.25. The number of rotatable bonds is 5. The van der Waals surface area contributed by atoms with Crippen molar-refractivity contribution < 1.29 is 9.53 Å². The summed E-state index contributed by atoms with van der Waals surface area (Å²) in [5.41, 5.74) is 1.09. The zero-order chi connectivity index (χ0) is 19.7. The van der Waals surface area contributed by atoms with Crippen molar-refractivity contribution in [3.63, 3.8) is 0 Å². The highest BCUT2D eigenvalue weighted by Gasteiger charge is 2.15. The maximum Gasteiger partial charge on any atom is 0.283 e. The van der Waals surface area contributed by atoms with E-state index in [-0.39, 0.29) is 17.8 Å². The predicted molar refractivity (Wildman–Crippen MR) is 103 cm³/mol. The second-order valence-electron chi connectivity index (χ2n) is 5.98. The van der Waals surface area contributed by atoms with Gasteiger partial charge in [-0.1, -0.05) is 16.8 Å². The quantitative estimate of drug-likeness (QED) is 0.482. The molecular weight excluding hydrogens is 382 g/mol. The highest BCUT2D eigenvalue weighted by Crippen LogP contribution is 2.16. The smallest absolute Gasteiger partial charge is 0.283 e. The van der Waals surface area contributed by atoms with Gasteiger partial charge in [0.1, 0.15) is 12.1 Å². The predicted octanol–water partition coefficient (Wildman–Crippen LogP) is 2.52. The van der Waals surface area contributed by atoms with Crippen LogP contribution in [0.3, 0.4) is 0 Å². The van der Waals surface area contributed by atoms with Crippen LogP contribution in [0.1, 0.15) is 10.4 Å². The number of hydrogen-bond donors (Lipinski definition) is 0. The Labute approximate surface area is 164 Å². The largest absolute Gasteiger partial charge is 0.497 e. The van der Waals surface area contributed by atoms with E-state index in [1.54, 1.807) is 55.6 Å². The number of hydrogen-bond acceptors (Lipinski definition) is 6. The molecule has 8 nitrogen and oxygen atoms in total. The molecule has 2 aromatic carbocycles. The second kappa shape index (κ2) is 7.24. The van der Waals surface area contributed by atoms with Crippen LogP contribution < -0.4 is 10.3 Å². The molecule has 0 unspecified atom stereocenters. The minimum atomic E-state index is -0.438. The summed E-state index contributed by atoms with van der Waals surface area (Å²) in [5, 5.41) is 8.52. The Morgan fingerprint density at radius 3 is 2.50 bits per heavy atom. The van der Waals surface area contributed by atoms with Gasteiger partial charge in [0, 0.05) is 10.6 Å². The number of benzene rings is 2. The van der Waals surface area contributed by atoms with E-state index < -0.39 is 5.56 Å². The Balaban J connectivity index is 1.65. The standard InChI is InChI=1S/C19H14ClN5O3/c1-28-15-8-2-12(3-9-15)16(26)10-24-11-21-18-17(19(24)27)22-23-25(18)14-6-4-13(20)5-7-14/h2-9,11H,10H2,1H3. The van der Waals surface area contributed by atoms with Crippen LogP contribution in [0.15, 0.2) is 59.7 Å². The highest BCUT2D eigenvalue weighted by atomic mass is 35.5. The lowest BCUT2D eigenvalue weighted by molar-refractivity contribution is 0.0970. The van der Waals surface area contributed by atoms with E-state index in [1.807, 2.05) is 0 Å². The van der Waals surface area contributed by atoms with Crippen LogP contribution in [0.5, 0.6) is 5.75 Å². The molecule has 0 aliphatic rings. The number of Topliss-reactive ketones (excluding diaryl/α,β-unsaturated/α-hetero) is 1. The fraction of sp³-hybridized carbons (Fsp3) is 0.105. The molecule has 4 aromatic rings. The molecule has 0 aliphatic heterocycles. The summed E-state index contributed by atoms with van der Waals surface area (Å²) in [7, 11) is 1.55. The summed E-state index contributed by atoms with van der Waals surface area (Å²) in [6.07, 6.45) is 1.32. The first-order valence-corrected chi connectivity index (χ1v) is 8.68. The van der Waals surface area contributed by atoms with Crippen LogP contribution in [-0.2, 0) is 6.54 Å². The summed E-state index contributed by atoms with van der Waals surface area (Å²) >= 11 is 5.90. The number of fused-ring (bicyclic) bond motifs is 1. The molecule has 0 fully saturated rings. The van der Waals surface area contributed by atoms with E-state index in [9.17, 15) is 9.59 Å². The molecule has 0 radical (unpaired) electrons. The molecule has 0 N–H and O–H groups in total. The van der Waals surface area contributed by atoms with Crippen LogP contribution >= 0.6 is 11.6 Å². The molecule has 140 valence electrons. The number of carbonyl (C=O) groups is 1. The lowest BCUT2D eigenvalue weighted by atomic mass is 10.1. The van der Waals surface area contributed by atoms with Crippen molar-refractivity contribution in [3.8, 4) is 11.4 Å². The van der Waals surface area contributed by atoms with Crippen molar-refractivity contribution in [1.82, 2.24) is 24.5 Å². The summed E-state index contributed by atoms with van der Waals surface area (Å²) < 4.78 is 7.74. The number of ketones is 1. The number of nitrogens with zero attached hydrogens (tertiary/aromatic N) is 5. The van der Waals surface area contributed by atoms with Crippen molar-refractivity contribution >= 4 is 28.5 Å². The normalized spacial score (nSPS) is 10.9. The molecule has 0 aliphatic carbocycles. The minimum Gasteiger partial charge on any atom is -0.497 e. The third-order valence-corrected chi connectivity index (χ3v) is 4.48. The van der Waals surface area contributed by atoms with Crippen LogP contribution in [0.2, 0.25) is 5.02 Å². The first kappa shape index (κ1) is 17.9. The maximum atomic E-state index is 12.7. The topological polar surface area (TPSA) is 91.9 Å². The number of aromatic nitrogens is 5. The van der Waals surface area contributed by atoms with Gasteiger partial charge >= 0.3 is 0 Å². The van der Waals surface area contributed by atoms with Crippen LogP contribution in [0, 0.1) is 0 Å². The van der Waals surface area contributed by atoms with E-state index in [1.165, 1.54) is 15.6 Å². The molecule has 28 heavy (non-hydrogen) atoms. The Morgan fingerprint density at radius 2 is 1.82 bits per heavy atom. The van der Waals surface area contributed by atoms with Gasteiger partial charge in [-0.2, -0.15) is 4.68 Å². The average Bonchev–Trinajstić information content (AvgIpc) is 3.15. The molecule has 9 heteroatoms. The SMILES string of the molecule is COc1ccc(C(=O)Cn2cnc3c(nnn3-c3ccc(Cl)cc3)c2=O)cc1. The maximum absolute atomic E-state index is 12.7. The number of carbonyl (C=O) groups excluding carboxylic acids is 1. The molecule has 0 saturated heterocycles. The Hall–Kier alpha value is -3.52. The summed E-state index contributed by atoms with van der Waals surface area (Å²) in [6.45, 7) is -0.151. The van der Waals surface area contributed by atoms with Crippen molar-refractivity contribution in [1.29, 1.82) is 0 Å². The van der Waals surface area contributed by atoms with Gasteiger partial charge in [-0.05, 0) is 48.5 Å². The van der Waals surface area contributed by atoms with Crippen LogP contribution in [-0.4, -0.2) is 37.4 Å². The van der Waals surface area contributed by atoms with E-state index in [2.05, 4.69) is 15.3 Å². The molecule has 2 heterocycles. The first-order chi connectivity index (χ1) is 13.6. The van der Waals surface area contributed by atoms with Crippen molar-refractivity contribution in [3.05, 3.63) is 75.8 Å². The van der Waals surface area contributed by atoms with Crippen LogP contribution in [0.25, 0.3) is 16.9 Å². The average molecular weight is 396 g/mol. The molecule has 0 amide bonds. The zero-order valence-electron chi connectivity index (χ0n) is 14.7. The van der Waals surface area contributed by atoms with Gasteiger partial charge in [-0.3, -0.25) is 14.2 Å². The minimum absolute atomic E-state index is 0.0833. The molecule has 0 saturated carbocycles. The van der Waals surface area contributed by atoms with Gasteiger partial charge < -0.3 is 4.74 Å². The van der Waals surface area contributed by atoms with Crippen LogP contribution in [0.4, 0.5) is 0 Å². The molecule has 0 atom stereocenters. The lowest BCUT2D eigenvalue weighted by Gasteiger charge is -2.06. The van der Waals surface area contributed by atoms with E-state index in [0.29, 0.717) is 27.7 Å². The van der Waals surface area contributed by atoms with Gasteiger partial charge in [-0.15, -0.1) is 5.10 Å². The van der Waals surface area contributed by atoms with E-state index in [0.717, 1.165) is 0 Å². The summed E-state index contributed by atoms with van der Waals surface area (Å²) in [6, 6.07) is 13.6. The Kier molecular flexibility index (Phi) is 4.62. The third-order valence-electron chi connectivity index (χ3n) is 4.23. The van der Waals surface area contributed by atoms with Crippen molar-refractivity contribution in [2.75, 3.05) is 7.11 Å². The van der Waals surface area contributed by atoms with Crippen molar-refractivity contribution in [2.45, 2.75) is 6.54 Å². The first-order valence-electron chi connectivity index (χ1n) is 8.31. The monoisotopic (exact) mass is 395 g/mol. The molecular formula is C19H14ClN5O3. The number of ether oxygens (including phenoxy) is 1. The van der Waals surface area contributed by atoms with E-state index in [4.69, 9.17) is 16.3 Å². The molecule has 2 aromatic heterocycles.